The molecule has 1 atom stereocenters. The van der Waals surface area contributed by atoms with E-state index in [1.807, 2.05) is 42.5 Å². The van der Waals surface area contributed by atoms with E-state index >= 15 is 0 Å². The van der Waals surface area contributed by atoms with Gasteiger partial charge in [-0.3, -0.25) is 14.3 Å². The van der Waals surface area contributed by atoms with Crippen molar-refractivity contribution in [3.05, 3.63) is 85.7 Å². The van der Waals surface area contributed by atoms with Crippen LogP contribution >= 0.6 is 0 Å². The molecule has 0 saturated heterocycles. The Labute approximate surface area is 195 Å². The molecule has 0 radical (unpaired) electrons. The number of fused-ring (bicyclic) bond motifs is 3. The highest BCUT2D eigenvalue weighted by atomic mass is 16.5. The number of ether oxygens (including phenoxy) is 2. The molecule has 4 aromatic rings. The van der Waals surface area contributed by atoms with E-state index in [0.29, 0.717) is 13.0 Å². The Morgan fingerprint density at radius 3 is 2.50 bits per heavy atom. The summed E-state index contributed by atoms with van der Waals surface area (Å²) in [6, 6.07) is 12.7. The fraction of sp³-hybridized carbons (Fsp3) is 0.280. The van der Waals surface area contributed by atoms with Crippen molar-refractivity contribution in [2.24, 2.45) is 0 Å². The van der Waals surface area contributed by atoms with Gasteiger partial charge in [0.05, 0.1) is 20.3 Å². The van der Waals surface area contributed by atoms with Gasteiger partial charge in [0, 0.05) is 29.7 Å². The van der Waals surface area contributed by atoms with E-state index in [4.69, 9.17) is 9.47 Å². The summed E-state index contributed by atoms with van der Waals surface area (Å²) in [5.41, 5.74) is 2.63. The van der Waals surface area contributed by atoms with Crippen molar-refractivity contribution in [3.8, 4) is 17.4 Å². The van der Waals surface area contributed by atoms with E-state index in [9.17, 15) is 14.7 Å². The zero-order valence-corrected chi connectivity index (χ0v) is 19.0. The maximum absolute atomic E-state index is 12.9. The molecule has 0 fully saturated rings. The predicted molar refractivity (Wildman–Crippen MR) is 128 cm³/mol. The summed E-state index contributed by atoms with van der Waals surface area (Å²) in [6.45, 7) is 0.829. The molecule has 4 N–H and O–H groups in total. The molecule has 0 aliphatic carbocycles. The number of nitrogens with one attached hydrogen (secondary N) is 3. The average molecular weight is 463 g/mol. The van der Waals surface area contributed by atoms with Crippen molar-refractivity contribution in [3.63, 3.8) is 0 Å². The molecule has 1 aliphatic rings. The number of aromatic hydroxyl groups is 1. The number of aryl methyl sites for hydroxylation is 1. The Balaban J connectivity index is 1.53. The van der Waals surface area contributed by atoms with E-state index in [1.165, 1.54) is 4.57 Å². The minimum absolute atomic E-state index is 0.119. The molecule has 0 saturated carbocycles. The van der Waals surface area contributed by atoms with Crippen LogP contribution in [0.25, 0.3) is 10.9 Å². The fourth-order valence-electron chi connectivity index (χ4n) is 4.66. The second-order valence-electron chi connectivity index (χ2n) is 8.31. The minimum atomic E-state index is -0.642. The lowest BCUT2D eigenvalue weighted by Gasteiger charge is -2.25. The van der Waals surface area contributed by atoms with Gasteiger partial charge >= 0.3 is 5.69 Å². The van der Waals surface area contributed by atoms with Gasteiger partial charge in [-0.05, 0) is 54.3 Å². The first-order valence-electron chi connectivity index (χ1n) is 11.1. The lowest BCUT2D eigenvalue weighted by Crippen LogP contribution is -2.39. The van der Waals surface area contributed by atoms with E-state index < -0.39 is 17.3 Å². The Hall–Kier alpha value is -3.98. The minimum Gasteiger partial charge on any atom is -0.497 e. The van der Waals surface area contributed by atoms with Crippen LogP contribution in [-0.4, -0.2) is 40.4 Å². The highest BCUT2D eigenvalue weighted by molar-refractivity contribution is 5.86. The number of methoxy groups -OCH3 is 2. The van der Waals surface area contributed by atoms with Crippen LogP contribution in [0.3, 0.4) is 0 Å². The monoisotopic (exact) mass is 462 g/mol. The van der Waals surface area contributed by atoms with Crippen LogP contribution in [0.4, 0.5) is 0 Å². The third-order valence-corrected chi connectivity index (χ3v) is 6.44. The van der Waals surface area contributed by atoms with Crippen molar-refractivity contribution < 1.29 is 14.6 Å². The van der Waals surface area contributed by atoms with Crippen molar-refractivity contribution in [1.29, 1.82) is 0 Å². The molecule has 1 unspecified atom stereocenters. The second-order valence-corrected chi connectivity index (χ2v) is 8.31. The number of aromatic amines is 2. The Morgan fingerprint density at radius 1 is 1.03 bits per heavy atom. The van der Waals surface area contributed by atoms with Crippen LogP contribution < -0.4 is 26.0 Å². The molecule has 0 spiro atoms. The first kappa shape index (κ1) is 21.8. The SMILES string of the molecule is COc1ccc(CCn2c(O)c(C3NCCc4c3[nH]c3ccc(OC)cc43)c(=O)[nH]c2=O)cc1. The standard InChI is InChI=1S/C25H26N4O5/c1-33-15-5-3-14(4-6-15)10-12-29-24(31)20(23(30)28-25(29)32)22-21-17(9-11-26-22)18-13-16(34-2)7-8-19(18)27-21/h3-8,13,22,26-27,31H,9-12H2,1-2H3,(H,28,30,32). The molecular weight excluding hydrogens is 436 g/mol. The summed E-state index contributed by atoms with van der Waals surface area (Å²) < 4.78 is 11.8. The van der Waals surface area contributed by atoms with Crippen LogP contribution in [-0.2, 0) is 19.4 Å². The zero-order chi connectivity index (χ0) is 23.8. The van der Waals surface area contributed by atoms with Gasteiger partial charge in [0.25, 0.3) is 5.56 Å². The lowest BCUT2D eigenvalue weighted by molar-refractivity contribution is 0.382. The third-order valence-electron chi connectivity index (χ3n) is 6.44. The predicted octanol–water partition coefficient (Wildman–Crippen LogP) is 2.22. The molecule has 34 heavy (non-hydrogen) atoms. The van der Waals surface area contributed by atoms with Gasteiger partial charge in [0.15, 0.2) is 0 Å². The van der Waals surface area contributed by atoms with Crippen molar-refractivity contribution in [1.82, 2.24) is 19.9 Å². The lowest BCUT2D eigenvalue weighted by atomic mass is 9.95. The molecule has 1 aliphatic heterocycles. The first-order valence-corrected chi connectivity index (χ1v) is 11.1. The van der Waals surface area contributed by atoms with Crippen molar-refractivity contribution in [2.45, 2.75) is 25.4 Å². The number of aromatic nitrogens is 3. The van der Waals surface area contributed by atoms with Gasteiger partial charge in [-0.1, -0.05) is 12.1 Å². The summed E-state index contributed by atoms with van der Waals surface area (Å²) in [6.07, 6.45) is 1.26. The van der Waals surface area contributed by atoms with Gasteiger partial charge in [0.2, 0.25) is 5.88 Å². The van der Waals surface area contributed by atoms with Gasteiger partial charge < -0.3 is 24.9 Å². The topological polar surface area (TPSA) is 121 Å². The summed E-state index contributed by atoms with van der Waals surface area (Å²) in [4.78, 5) is 31.2. The smallest absolute Gasteiger partial charge is 0.331 e. The Bertz CT molecular complexity index is 1470. The summed E-state index contributed by atoms with van der Waals surface area (Å²) >= 11 is 0. The maximum atomic E-state index is 12.9. The maximum Gasteiger partial charge on any atom is 0.331 e. The zero-order valence-electron chi connectivity index (χ0n) is 19.0. The molecule has 176 valence electrons. The molecule has 9 heteroatoms. The quantitative estimate of drug-likeness (QED) is 0.349. The van der Waals surface area contributed by atoms with Gasteiger partial charge in [-0.2, -0.15) is 0 Å². The molecule has 5 rings (SSSR count). The van der Waals surface area contributed by atoms with Crippen molar-refractivity contribution in [2.75, 3.05) is 20.8 Å². The molecule has 2 aromatic heterocycles. The summed E-state index contributed by atoms with van der Waals surface area (Å²) in [5, 5.41) is 15.4. The highest BCUT2D eigenvalue weighted by Crippen LogP contribution is 2.36. The normalized spacial score (nSPS) is 15.3. The van der Waals surface area contributed by atoms with Crippen LogP contribution in [0.2, 0.25) is 0 Å². The van der Waals surface area contributed by atoms with Crippen LogP contribution in [0.1, 0.15) is 28.4 Å². The molecule has 0 bridgehead atoms. The third kappa shape index (κ3) is 3.73. The van der Waals surface area contributed by atoms with Crippen molar-refractivity contribution >= 4 is 10.9 Å². The molecular formula is C25H26N4O5. The second kappa shape index (κ2) is 8.75. The molecule has 9 nitrogen and oxygen atoms in total. The van der Waals surface area contributed by atoms with Gasteiger partial charge in [-0.15, -0.1) is 0 Å². The first-order chi connectivity index (χ1) is 16.5. The van der Waals surface area contributed by atoms with E-state index in [1.54, 1.807) is 14.2 Å². The number of H-pyrrole nitrogens is 2. The molecule has 0 amide bonds. The fourth-order valence-corrected chi connectivity index (χ4v) is 4.66. The van der Waals surface area contributed by atoms with Crippen LogP contribution in [0.15, 0.2) is 52.1 Å². The summed E-state index contributed by atoms with van der Waals surface area (Å²) in [7, 11) is 3.22. The number of nitrogens with zero attached hydrogens (tertiary/aromatic N) is 1. The van der Waals surface area contributed by atoms with Crippen LogP contribution in [0, 0.1) is 0 Å². The van der Waals surface area contributed by atoms with E-state index in [-0.39, 0.29) is 18.0 Å². The number of hydrogen-bond acceptors (Lipinski definition) is 6. The van der Waals surface area contributed by atoms with Gasteiger partial charge in [0.1, 0.15) is 17.1 Å². The van der Waals surface area contributed by atoms with Crippen LogP contribution in [0.5, 0.6) is 17.4 Å². The molecule has 2 aromatic carbocycles. The van der Waals surface area contributed by atoms with E-state index in [2.05, 4.69) is 15.3 Å². The summed E-state index contributed by atoms with van der Waals surface area (Å²) in [5.74, 6) is 1.16. The van der Waals surface area contributed by atoms with E-state index in [0.717, 1.165) is 45.6 Å². The number of hydrogen-bond donors (Lipinski definition) is 4. The largest absolute Gasteiger partial charge is 0.497 e. The number of rotatable bonds is 6. The average Bonchev–Trinajstić information content (AvgIpc) is 3.22. The Morgan fingerprint density at radius 2 is 1.76 bits per heavy atom. The van der Waals surface area contributed by atoms with Gasteiger partial charge in [-0.25, -0.2) is 4.79 Å². The molecule has 3 heterocycles. The Kier molecular flexibility index (Phi) is 5.62. The highest BCUT2D eigenvalue weighted by Gasteiger charge is 2.31. The number of benzene rings is 2.